The SMILES string of the molecule is COc1ccc(NC(=O)c2cccc(Oc3ccnc(-c4ccc(C)cc4)n3)c2)c(OC)c1. The molecular weight excluding hydrogens is 418 g/mol. The highest BCUT2D eigenvalue weighted by Gasteiger charge is 2.12. The van der Waals surface area contributed by atoms with Crippen LogP contribution in [-0.2, 0) is 0 Å². The molecule has 0 fully saturated rings. The minimum absolute atomic E-state index is 0.299. The number of hydrogen-bond acceptors (Lipinski definition) is 6. The highest BCUT2D eigenvalue weighted by molar-refractivity contribution is 6.05. The van der Waals surface area contributed by atoms with Crippen molar-refractivity contribution >= 4 is 11.6 Å². The molecule has 0 saturated heterocycles. The van der Waals surface area contributed by atoms with Crippen LogP contribution in [0.25, 0.3) is 11.4 Å². The summed E-state index contributed by atoms with van der Waals surface area (Å²) < 4.78 is 16.5. The van der Waals surface area contributed by atoms with Gasteiger partial charge < -0.3 is 19.5 Å². The number of amides is 1. The number of hydrogen-bond donors (Lipinski definition) is 1. The van der Waals surface area contributed by atoms with Crippen molar-refractivity contribution in [2.45, 2.75) is 6.92 Å². The van der Waals surface area contributed by atoms with E-state index in [1.165, 1.54) is 7.11 Å². The molecule has 4 aromatic rings. The predicted octanol–water partition coefficient (Wildman–Crippen LogP) is 5.51. The van der Waals surface area contributed by atoms with Gasteiger partial charge in [0, 0.05) is 29.5 Å². The molecule has 1 amide bonds. The molecule has 0 aliphatic rings. The van der Waals surface area contributed by atoms with Crippen LogP contribution in [0.4, 0.5) is 5.69 Å². The van der Waals surface area contributed by atoms with E-state index < -0.39 is 0 Å². The monoisotopic (exact) mass is 441 g/mol. The smallest absolute Gasteiger partial charge is 0.255 e. The molecule has 4 rings (SSSR count). The lowest BCUT2D eigenvalue weighted by molar-refractivity contribution is 0.102. The van der Waals surface area contributed by atoms with Gasteiger partial charge in [0.25, 0.3) is 5.91 Å². The fraction of sp³-hybridized carbons (Fsp3) is 0.115. The molecule has 7 nitrogen and oxygen atoms in total. The summed E-state index contributed by atoms with van der Waals surface area (Å²) in [4.78, 5) is 21.6. The number of anilines is 1. The maximum atomic E-state index is 12.8. The Morgan fingerprint density at radius 2 is 1.70 bits per heavy atom. The van der Waals surface area contributed by atoms with Crippen molar-refractivity contribution in [2.75, 3.05) is 19.5 Å². The second kappa shape index (κ2) is 9.82. The van der Waals surface area contributed by atoms with Crippen LogP contribution in [0.15, 0.2) is 79.0 Å². The number of nitrogens with one attached hydrogen (secondary N) is 1. The fourth-order valence-electron chi connectivity index (χ4n) is 3.16. The molecule has 0 aliphatic carbocycles. The number of ether oxygens (including phenoxy) is 3. The molecule has 7 heteroatoms. The molecule has 1 heterocycles. The summed E-state index contributed by atoms with van der Waals surface area (Å²) >= 11 is 0. The molecule has 0 atom stereocenters. The van der Waals surface area contributed by atoms with Gasteiger partial charge in [-0.1, -0.05) is 35.9 Å². The highest BCUT2D eigenvalue weighted by Crippen LogP contribution is 2.30. The molecule has 0 unspecified atom stereocenters. The van der Waals surface area contributed by atoms with Crippen LogP contribution < -0.4 is 19.5 Å². The maximum Gasteiger partial charge on any atom is 0.255 e. The summed E-state index contributed by atoms with van der Waals surface area (Å²) in [5.74, 6) is 2.27. The Balaban J connectivity index is 1.51. The van der Waals surface area contributed by atoms with Gasteiger partial charge in [0.2, 0.25) is 5.88 Å². The summed E-state index contributed by atoms with van der Waals surface area (Å²) in [7, 11) is 3.10. The Labute approximate surface area is 192 Å². The van der Waals surface area contributed by atoms with Crippen molar-refractivity contribution in [1.82, 2.24) is 9.97 Å². The molecule has 0 bridgehead atoms. The Morgan fingerprint density at radius 1 is 0.879 bits per heavy atom. The van der Waals surface area contributed by atoms with Crippen molar-refractivity contribution in [2.24, 2.45) is 0 Å². The lowest BCUT2D eigenvalue weighted by Crippen LogP contribution is -2.12. The van der Waals surface area contributed by atoms with E-state index in [-0.39, 0.29) is 5.91 Å². The van der Waals surface area contributed by atoms with Gasteiger partial charge in [0.15, 0.2) is 5.82 Å². The third kappa shape index (κ3) is 5.27. The molecule has 33 heavy (non-hydrogen) atoms. The first-order valence-corrected chi connectivity index (χ1v) is 10.3. The third-order valence-electron chi connectivity index (χ3n) is 4.92. The van der Waals surface area contributed by atoms with Crippen LogP contribution in [0.5, 0.6) is 23.1 Å². The topological polar surface area (TPSA) is 82.6 Å². The van der Waals surface area contributed by atoms with E-state index in [9.17, 15) is 4.79 Å². The van der Waals surface area contributed by atoms with Crippen LogP contribution >= 0.6 is 0 Å². The van der Waals surface area contributed by atoms with E-state index in [2.05, 4.69) is 15.3 Å². The first kappa shape index (κ1) is 21.8. The number of aryl methyl sites for hydroxylation is 1. The molecule has 166 valence electrons. The summed E-state index contributed by atoms with van der Waals surface area (Å²) in [5.41, 5.74) is 3.02. The number of aromatic nitrogens is 2. The number of methoxy groups -OCH3 is 2. The molecular formula is C26H23N3O4. The van der Waals surface area contributed by atoms with Crippen molar-refractivity contribution in [3.05, 3.63) is 90.1 Å². The highest BCUT2D eigenvalue weighted by atomic mass is 16.5. The number of nitrogens with zero attached hydrogens (tertiary/aromatic N) is 2. The van der Waals surface area contributed by atoms with Gasteiger partial charge in [0.05, 0.1) is 19.9 Å². The Bertz CT molecular complexity index is 1270. The minimum atomic E-state index is -0.299. The summed E-state index contributed by atoms with van der Waals surface area (Å²) in [5, 5.41) is 2.85. The van der Waals surface area contributed by atoms with Gasteiger partial charge >= 0.3 is 0 Å². The number of rotatable bonds is 7. The van der Waals surface area contributed by atoms with E-state index in [4.69, 9.17) is 14.2 Å². The van der Waals surface area contributed by atoms with Crippen LogP contribution in [0.1, 0.15) is 15.9 Å². The molecule has 0 radical (unpaired) electrons. The van der Waals surface area contributed by atoms with Crippen molar-refractivity contribution in [3.63, 3.8) is 0 Å². The van der Waals surface area contributed by atoms with Crippen LogP contribution in [0, 0.1) is 6.92 Å². The van der Waals surface area contributed by atoms with Gasteiger partial charge in [-0.15, -0.1) is 0 Å². The molecule has 1 aromatic heterocycles. The molecule has 1 N–H and O–H groups in total. The average Bonchev–Trinajstić information content (AvgIpc) is 2.85. The number of carbonyl (C=O) groups excluding carboxylic acids is 1. The zero-order valence-corrected chi connectivity index (χ0v) is 18.5. The van der Waals surface area contributed by atoms with Crippen LogP contribution in [-0.4, -0.2) is 30.1 Å². The number of carbonyl (C=O) groups is 1. The minimum Gasteiger partial charge on any atom is -0.497 e. The van der Waals surface area contributed by atoms with Gasteiger partial charge in [-0.2, -0.15) is 4.98 Å². The van der Waals surface area contributed by atoms with Gasteiger partial charge in [-0.05, 0) is 37.3 Å². The lowest BCUT2D eigenvalue weighted by atomic mass is 10.1. The Kier molecular flexibility index (Phi) is 6.50. The van der Waals surface area contributed by atoms with Crippen LogP contribution in [0.3, 0.4) is 0 Å². The third-order valence-corrected chi connectivity index (χ3v) is 4.92. The van der Waals surface area contributed by atoms with Crippen LogP contribution in [0.2, 0.25) is 0 Å². The maximum absolute atomic E-state index is 12.8. The normalized spacial score (nSPS) is 10.4. The first-order chi connectivity index (χ1) is 16.1. The Morgan fingerprint density at radius 3 is 2.45 bits per heavy atom. The van der Waals surface area contributed by atoms with Crippen molar-refractivity contribution < 1.29 is 19.0 Å². The standard InChI is InChI=1S/C26H23N3O4/c1-17-7-9-18(10-8-17)25-27-14-13-24(29-25)33-21-6-4-5-19(15-21)26(30)28-22-12-11-20(31-2)16-23(22)32-3/h4-16H,1-3H3,(H,28,30). The molecule has 3 aromatic carbocycles. The average molecular weight is 441 g/mol. The summed E-state index contributed by atoms with van der Waals surface area (Å²) in [6, 6.07) is 21.7. The van der Waals surface area contributed by atoms with Crippen molar-refractivity contribution in [3.8, 4) is 34.5 Å². The van der Waals surface area contributed by atoms with E-state index in [1.807, 2.05) is 31.2 Å². The van der Waals surface area contributed by atoms with E-state index >= 15 is 0 Å². The van der Waals surface area contributed by atoms with E-state index in [0.29, 0.717) is 40.2 Å². The second-order valence-corrected chi connectivity index (χ2v) is 7.23. The zero-order valence-electron chi connectivity index (χ0n) is 18.5. The van der Waals surface area contributed by atoms with Crippen molar-refractivity contribution in [1.29, 1.82) is 0 Å². The predicted molar refractivity (Wildman–Crippen MR) is 126 cm³/mol. The largest absolute Gasteiger partial charge is 0.497 e. The Hall–Kier alpha value is -4.39. The molecule has 0 saturated carbocycles. The van der Waals surface area contributed by atoms with Gasteiger partial charge in [-0.3, -0.25) is 4.79 Å². The summed E-state index contributed by atoms with van der Waals surface area (Å²) in [6.45, 7) is 2.03. The van der Waals surface area contributed by atoms with E-state index in [1.54, 1.807) is 61.8 Å². The quantitative estimate of drug-likeness (QED) is 0.407. The van der Waals surface area contributed by atoms with Gasteiger partial charge in [0.1, 0.15) is 17.2 Å². The zero-order chi connectivity index (χ0) is 23.2. The summed E-state index contributed by atoms with van der Waals surface area (Å²) in [6.07, 6.45) is 1.64. The lowest BCUT2D eigenvalue weighted by Gasteiger charge is -2.12. The second-order valence-electron chi connectivity index (χ2n) is 7.23. The van der Waals surface area contributed by atoms with Gasteiger partial charge in [-0.25, -0.2) is 4.98 Å². The first-order valence-electron chi connectivity index (χ1n) is 10.3. The molecule has 0 aliphatic heterocycles. The number of benzene rings is 3. The molecule has 0 spiro atoms. The fourth-order valence-corrected chi connectivity index (χ4v) is 3.16. The van der Waals surface area contributed by atoms with E-state index in [0.717, 1.165) is 11.1 Å².